The van der Waals surface area contributed by atoms with Gasteiger partial charge in [0.15, 0.2) is 5.76 Å². The molecule has 2 aliphatic heterocycles. The predicted molar refractivity (Wildman–Crippen MR) is 128 cm³/mol. The van der Waals surface area contributed by atoms with Crippen LogP contribution in [0.25, 0.3) is 11.0 Å². The van der Waals surface area contributed by atoms with Crippen molar-refractivity contribution in [2.45, 2.75) is 51.4 Å². The molecule has 174 valence electrons. The van der Waals surface area contributed by atoms with Crippen molar-refractivity contribution in [2.24, 2.45) is 0 Å². The molecule has 0 spiro atoms. The molecule has 4 heterocycles. The number of furan rings is 1. The standard InChI is InChI=1S/C26H32N4O3/c1-16-6-7-22-20(13-16)17(2)24(33-22)26(32)30-10-4-5-19(15-30)21-14-23(31)28-25(27-21)18-8-11-29(3)12-9-18/h6-7,13-14,18-19H,4-5,8-12,15H2,1-3H3,(H,27,28,31)/t19-/m1/s1. The van der Waals surface area contributed by atoms with Crippen molar-refractivity contribution in [3.05, 3.63) is 63.0 Å². The number of amides is 1. The summed E-state index contributed by atoms with van der Waals surface area (Å²) in [4.78, 5) is 37.9. The van der Waals surface area contributed by atoms with Crippen molar-refractivity contribution >= 4 is 16.9 Å². The second-order valence-electron chi connectivity index (χ2n) is 9.78. The summed E-state index contributed by atoms with van der Waals surface area (Å²) in [5, 5.41) is 0.992. The van der Waals surface area contributed by atoms with Crippen molar-refractivity contribution in [1.29, 1.82) is 0 Å². The van der Waals surface area contributed by atoms with Crippen LogP contribution in [0.4, 0.5) is 0 Å². The molecule has 1 N–H and O–H groups in total. The molecule has 1 amide bonds. The SMILES string of the molecule is Cc1ccc2oc(C(=O)N3CCC[C@@H](c4cc(=O)[nH]c(C5CCN(C)CC5)n4)C3)c(C)c2c1. The van der Waals surface area contributed by atoms with E-state index in [0.717, 1.165) is 72.4 Å². The van der Waals surface area contributed by atoms with Crippen molar-refractivity contribution in [3.8, 4) is 0 Å². The maximum atomic E-state index is 13.4. The zero-order chi connectivity index (χ0) is 23.1. The summed E-state index contributed by atoms with van der Waals surface area (Å²) in [6.45, 7) is 7.26. The Morgan fingerprint density at radius 1 is 1.09 bits per heavy atom. The third-order valence-electron chi connectivity index (χ3n) is 7.30. The van der Waals surface area contributed by atoms with Crippen LogP contribution in [0.3, 0.4) is 0 Å². The van der Waals surface area contributed by atoms with E-state index in [1.165, 1.54) is 0 Å². The number of aryl methyl sites for hydroxylation is 2. The third-order valence-corrected chi connectivity index (χ3v) is 7.30. The number of hydrogen-bond acceptors (Lipinski definition) is 5. The number of H-pyrrole nitrogens is 1. The molecule has 1 atom stereocenters. The van der Waals surface area contributed by atoms with E-state index >= 15 is 0 Å². The molecule has 2 aliphatic rings. The van der Waals surface area contributed by atoms with Gasteiger partial charge in [0.1, 0.15) is 11.4 Å². The highest BCUT2D eigenvalue weighted by atomic mass is 16.3. The van der Waals surface area contributed by atoms with Gasteiger partial charge in [-0.15, -0.1) is 0 Å². The maximum absolute atomic E-state index is 13.4. The Labute approximate surface area is 193 Å². The van der Waals surface area contributed by atoms with Gasteiger partial charge in [0, 0.05) is 41.9 Å². The van der Waals surface area contributed by atoms with Gasteiger partial charge in [-0.3, -0.25) is 9.59 Å². The second kappa shape index (κ2) is 8.78. The molecule has 3 aromatic rings. The number of aromatic nitrogens is 2. The van der Waals surface area contributed by atoms with Crippen LogP contribution < -0.4 is 5.56 Å². The number of likely N-dealkylation sites (tertiary alicyclic amines) is 2. The highest BCUT2D eigenvalue weighted by Crippen LogP contribution is 2.31. The third kappa shape index (κ3) is 4.34. The van der Waals surface area contributed by atoms with Crippen LogP contribution in [0.15, 0.2) is 33.5 Å². The van der Waals surface area contributed by atoms with Gasteiger partial charge in [0.25, 0.3) is 11.5 Å². The molecule has 5 rings (SSSR count). The fourth-order valence-corrected chi connectivity index (χ4v) is 5.27. The van der Waals surface area contributed by atoms with Crippen molar-refractivity contribution in [2.75, 3.05) is 33.2 Å². The monoisotopic (exact) mass is 448 g/mol. The summed E-state index contributed by atoms with van der Waals surface area (Å²) in [5.74, 6) is 1.49. The molecule has 0 aliphatic carbocycles. The maximum Gasteiger partial charge on any atom is 0.289 e. The minimum absolute atomic E-state index is 0.0574. The highest BCUT2D eigenvalue weighted by Gasteiger charge is 2.30. The predicted octanol–water partition coefficient (Wildman–Crippen LogP) is 3.96. The Hall–Kier alpha value is -2.93. The zero-order valence-electron chi connectivity index (χ0n) is 19.7. The number of rotatable bonds is 3. The van der Waals surface area contributed by atoms with Gasteiger partial charge in [-0.1, -0.05) is 11.6 Å². The number of carbonyl (C=O) groups is 1. The normalized spacial score (nSPS) is 20.5. The Balaban J connectivity index is 1.37. The van der Waals surface area contributed by atoms with Crippen LogP contribution >= 0.6 is 0 Å². The number of piperidine rings is 2. The Kier molecular flexibility index (Phi) is 5.83. The molecule has 2 aromatic heterocycles. The summed E-state index contributed by atoms with van der Waals surface area (Å²) in [6, 6.07) is 7.61. The average molecular weight is 449 g/mol. The van der Waals surface area contributed by atoms with Crippen LogP contribution in [0.1, 0.15) is 70.7 Å². The van der Waals surface area contributed by atoms with Crippen LogP contribution in [0, 0.1) is 13.8 Å². The van der Waals surface area contributed by atoms with E-state index in [-0.39, 0.29) is 23.3 Å². The average Bonchev–Trinajstić information content (AvgIpc) is 3.14. The van der Waals surface area contributed by atoms with E-state index in [4.69, 9.17) is 9.40 Å². The molecule has 7 heteroatoms. The summed E-state index contributed by atoms with van der Waals surface area (Å²) >= 11 is 0. The van der Waals surface area contributed by atoms with Crippen LogP contribution in [-0.4, -0.2) is 58.9 Å². The second-order valence-corrected chi connectivity index (χ2v) is 9.78. The molecule has 2 fully saturated rings. The molecule has 0 unspecified atom stereocenters. The smallest absolute Gasteiger partial charge is 0.289 e. The highest BCUT2D eigenvalue weighted by molar-refractivity contribution is 5.99. The first kappa shape index (κ1) is 21.9. The van der Waals surface area contributed by atoms with Gasteiger partial charge in [0.2, 0.25) is 0 Å². The molecule has 7 nitrogen and oxygen atoms in total. The van der Waals surface area contributed by atoms with Crippen LogP contribution in [-0.2, 0) is 0 Å². The number of aromatic amines is 1. The topological polar surface area (TPSA) is 82.4 Å². The van der Waals surface area contributed by atoms with E-state index in [2.05, 4.69) is 23.0 Å². The Morgan fingerprint density at radius 3 is 2.67 bits per heavy atom. The molecule has 0 saturated carbocycles. The van der Waals surface area contributed by atoms with Gasteiger partial charge in [-0.2, -0.15) is 0 Å². The zero-order valence-corrected chi connectivity index (χ0v) is 19.7. The van der Waals surface area contributed by atoms with E-state index in [0.29, 0.717) is 18.8 Å². The Morgan fingerprint density at radius 2 is 1.88 bits per heavy atom. The fraction of sp³-hybridized carbons (Fsp3) is 0.500. The first-order valence-electron chi connectivity index (χ1n) is 12.0. The first-order valence-corrected chi connectivity index (χ1v) is 12.0. The quantitative estimate of drug-likeness (QED) is 0.656. The summed E-state index contributed by atoms with van der Waals surface area (Å²) in [6.07, 6.45) is 3.81. The van der Waals surface area contributed by atoms with E-state index in [1.807, 2.05) is 30.9 Å². The fourth-order valence-electron chi connectivity index (χ4n) is 5.27. The van der Waals surface area contributed by atoms with Gasteiger partial charge < -0.3 is 19.2 Å². The Bertz CT molecular complexity index is 1240. The molecule has 0 bridgehead atoms. The number of hydrogen-bond donors (Lipinski definition) is 1. The van der Waals surface area contributed by atoms with Gasteiger partial charge in [-0.05, 0) is 71.8 Å². The molecule has 2 saturated heterocycles. The van der Waals surface area contributed by atoms with Gasteiger partial charge in [-0.25, -0.2) is 4.98 Å². The summed E-state index contributed by atoms with van der Waals surface area (Å²) < 4.78 is 5.97. The first-order chi connectivity index (χ1) is 15.9. The van der Waals surface area contributed by atoms with Crippen LogP contribution in [0.5, 0.6) is 0 Å². The lowest BCUT2D eigenvalue weighted by Crippen LogP contribution is -2.40. The summed E-state index contributed by atoms with van der Waals surface area (Å²) in [7, 11) is 2.13. The number of nitrogens with zero attached hydrogens (tertiary/aromatic N) is 3. The molecular weight excluding hydrogens is 416 g/mol. The number of nitrogens with one attached hydrogen (secondary N) is 1. The molecular formula is C26H32N4O3. The van der Waals surface area contributed by atoms with Gasteiger partial charge in [0.05, 0.1) is 5.69 Å². The van der Waals surface area contributed by atoms with E-state index < -0.39 is 0 Å². The van der Waals surface area contributed by atoms with Crippen molar-refractivity contribution in [3.63, 3.8) is 0 Å². The lowest BCUT2D eigenvalue weighted by Gasteiger charge is -2.33. The van der Waals surface area contributed by atoms with Crippen LogP contribution in [0.2, 0.25) is 0 Å². The minimum atomic E-state index is -0.0964. The largest absolute Gasteiger partial charge is 0.451 e. The van der Waals surface area contributed by atoms with Crippen molar-refractivity contribution in [1.82, 2.24) is 19.8 Å². The summed E-state index contributed by atoms with van der Waals surface area (Å²) in [5.41, 5.74) is 3.49. The van der Waals surface area contributed by atoms with E-state index in [1.54, 1.807) is 6.07 Å². The lowest BCUT2D eigenvalue weighted by atomic mass is 9.92. The minimum Gasteiger partial charge on any atom is -0.451 e. The van der Waals surface area contributed by atoms with E-state index in [9.17, 15) is 9.59 Å². The lowest BCUT2D eigenvalue weighted by molar-refractivity contribution is 0.0675. The number of benzene rings is 1. The molecule has 33 heavy (non-hydrogen) atoms. The number of carbonyl (C=O) groups excluding carboxylic acids is 1. The molecule has 1 aromatic carbocycles. The van der Waals surface area contributed by atoms with Crippen molar-refractivity contribution < 1.29 is 9.21 Å². The van der Waals surface area contributed by atoms with Gasteiger partial charge >= 0.3 is 0 Å². The molecule has 0 radical (unpaired) electrons. The number of fused-ring (bicyclic) bond motifs is 1.